The molecular formula is C23H30N2O2. The minimum Gasteiger partial charge on any atom is -0.493 e. The van der Waals surface area contributed by atoms with Crippen molar-refractivity contribution in [1.82, 2.24) is 9.80 Å². The van der Waals surface area contributed by atoms with Crippen molar-refractivity contribution in [3.8, 4) is 11.5 Å². The molecular weight excluding hydrogens is 336 g/mol. The van der Waals surface area contributed by atoms with Gasteiger partial charge in [0.25, 0.3) is 0 Å². The van der Waals surface area contributed by atoms with Crippen LogP contribution < -0.4 is 9.47 Å². The van der Waals surface area contributed by atoms with Gasteiger partial charge in [0, 0.05) is 39.3 Å². The molecule has 1 aliphatic heterocycles. The van der Waals surface area contributed by atoms with Crippen LogP contribution in [0.1, 0.15) is 18.1 Å². The van der Waals surface area contributed by atoms with E-state index in [1.165, 1.54) is 11.1 Å². The number of nitrogens with zero attached hydrogens (tertiary/aromatic N) is 2. The van der Waals surface area contributed by atoms with E-state index in [1.807, 2.05) is 13.0 Å². The highest BCUT2D eigenvalue weighted by atomic mass is 16.5. The van der Waals surface area contributed by atoms with Gasteiger partial charge in [0.2, 0.25) is 0 Å². The molecule has 1 fully saturated rings. The summed E-state index contributed by atoms with van der Waals surface area (Å²) >= 11 is 0. The smallest absolute Gasteiger partial charge is 0.161 e. The fourth-order valence-corrected chi connectivity index (χ4v) is 3.38. The van der Waals surface area contributed by atoms with Gasteiger partial charge in [-0.15, -0.1) is 0 Å². The van der Waals surface area contributed by atoms with Gasteiger partial charge in [0.1, 0.15) is 0 Å². The van der Waals surface area contributed by atoms with E-state index in [0.29, 0.717) is 6.61 Å². The first kappa shape index (κ1) is 19.5. The molecule has 0 spiro atoms. The van der Waals surface area contributed by atoms with Crippen LogP contribution in [-0.4, -0.2) is 56.2 Å². The quantitative estimate of drug-likeness (QED) is 0.707. The van der Waals surface area contributed by atoms with E-state index in [9.17, 15) is 0 Å². The number of hydrogen-bond acceptors (Lipinski definition) is 4. The molecule has 144 valence electrons. The Morgan fingerprint density at radius 3 is 2.37 bits per heavy atom. The van der Waals surface area contributed by atoms with E-state index in [4.69, 9.17) is 9.47 Å². The fourth-order valence-electron chi connectivity index (χ4n) is 3.38. The standard InChI is InChI=1S/C23H30N2O2/c1-3-27-23-18-21(11-12-22(23)26-2)19-25-16-14-24(15-17-25)13-7-10-20-8-5-4-6-9-20/h4-12,18H,3,13-17,19H2,1-2H3/b10-7+. The predicted molar refractivity (Wildman–Crippen MR) is 111 cm³/mol. The molecule has 3 rings (SSSR count). The summed E-state index contributed by atoms with van der Waals surface area (Å²) in [7, 11) is 1.68. The van der Waals surface area contributed by atoms with Gasteiger partial charge in [-0.2, -0.15) is 0 Å². The molecule has 0 saturated carbocycles. The van der Waals surface area contributed by atoms with Gasteiger partial charge < -0.3 is 9.47 Å². The lowest BCUT2D eigenvalue weighted by molar-refractivity contribution is 0.137. The molecule has 4 nitrogen and oxygen atoms in total. The van der Waals surface area contributed by atoms with Gasteiger partial charge in [0.05, 0.1) is 13.7 Å². The number of benzene rings is 2. The second kappa shape index (κ2) is 10.1. The van der Waals surface area contributed by atoms with Crippen molar-refractivity contribution in [3.63, 3.8) is 0 Å². The normalized spacial score (nSPS) is 15.9. The maximum absolute atomic E-state index is 5.70. The van der Waals surface area contributed by atoms with Gasteiger partial charge >= 0.3 is 0 Å². The molecule has 0 amide bonds. The molecule has 0 unspecified atom stereocenters. The molecule has 2 aromatic carbocycles. The molecule has 1 aliphatic rings. The van der Waals surface area contributed by atoms with Crippen LogP contribution in [0.4, 0.5) is 0 Å². The third-order valence-electron chi connectivity index (χ3n) is 4.87. The molecule has 0 N–H and O–H groups in total. The number of methoxy groups -OCH3 is 1. The molecule has 0 aliphatic carbocycles. The van der Waals surface area contributed by atoms with Crippen LogP contribution in [0, 0.1) is 0 Å². The molecule has 0 aromatic heterocycles. The predicted octanol–water partition coefficient (Wildman–Crippen LogP) is 3.92. The maximum atomic E-state index is 5.70. The molecule has 2 aromatic rings. The first-order chi connectivity index (χ1) is 13.3. The first-order valence-corrected chi connectivity index (χ1v) is 9.74. The van der Waals surface area contributed by atoms with E-state index in [0.717, 1.165) is 50.8 Å². The zero-order chi connectivity index (χ0) is 18.9. The highest BCUT2D eigenvalue weighted by Gasteiger charge is 2.16. The Morgan fingerprint density at radius 1 is 0.926 bits per heavy atom. The SMILES string of the molecule is CCOc1cc(CN2CCN(C/C=C/c3ccccc3)CC2)ccc1OC. The molecule has 27 heavy (non-hydrogen) atoms. The third-order valence-corrected chi connectivity index (χ3v) is 4.87. The minimum atomic E-state index is 0.648. The Kier molecular flexibility index (Phi) is 7.31. The number of rotatable bonds is 8. The highest BCUT2D eigenvalue weighted by Crippen LogP contribution is 2.28. The second-order valence-electron chi connectivity index (χ2n) is 6.81. The summed E-state index contributed by atoms with van der Waals surface area (Å²) in [6.07, 6.45) is 4.47. The number of piperazine rings is 1. The Hall–Kier alpha value is -2.30. The summed E-state index contributed by atoms with van der Waals surface area (Å²) in [6.45, 7) is 9.01. The van der Waals surface area contributed by atoms with Crippen LogP contribution in [-0.2, 0) is 6.54 Å². The molecule has 4 heteroatoms. The van der Waals surface area contributed by atoms with Crippen molar-refractivity contribution in [2.75, 3.05) is 46.4 Å². The van der Waals surface area contributed by atoms with Crippen molar-refractivity contribution in [3.05, 3.63) is 65.7 Å². The van der Waals surface area contributed by atoms with Crippen molar-refractivity contribution in [1.29, 1.82) is 0 Å². The zero-order valence-electron chi connectivity index (χ0n) is 16.4. The fraction of sp³-hybridized carbons (Fsp3) is 0.391. The van der Waals surface area contributed by atoms with E-state index in [-0.39, 0.29) is 0 Å². The zero-order valence-corrected chi connectivity index (χ0v) is 16.4. The van der Waals surface area contributed by atoms with Gasteiger partial charge in [-0.3, -0.25) is 9.80 Å². The Labute approximate surface area is 163 Å². The Balaban J connectivity index is 1.46. The lowest BCUT2D eigenvalue weighted by Crippen LogP contribution is -2.45. The largest absolute Gasteiger partial charge is 0.493 e. The summed E-state index contributed by atoms with van der Waals surface area (Å²) in [5.74, 6) is 1.64. The average molecular weight is 367 g/mol. The highest BCUT2D eigenvalue weighted by molar-refractivity contribution is 5.48. The Morgan fingerprint density at radius 2 is 1.67 bits per heavy atom. The van der Waals surface area contributed by atoms with E-state index in [2.05, 4.69) is 64.4 Å². The van der Waals surface area contributed by atoms with Gasteiger partial charge in [0.15, 0.2) is 11.5 Å². The number of ether oxygens (including phenoxy) is 2. The van der Waals surface area contributed by atoms with Crippen LogP contribution in [0.3, 0.4) is 0 Å². The molecule has 0 bridgehead atoms. The summed E-state index contributed by atoms with van der Waals surface area (Å²) in [6, 6.07) is 16.7. The van der Waals surface area contributed by atoms with Crippen LogP contribution in [0.25, 0.3) is 6.08 Å². The molecule has 0 radical (unpaired) electrons. The van der Waals surface area contributed by atoms with Crippen molar-refractivity contribution in [2.45, 2.75) is 13.5 Å². The van der Waals surface area contributed by atoms with Crippen LogP contribution >= 0.6 is 0 Å². The lowest BCUT2D eigenvalue weighted by Gasteiger charge is -2.34. The summed E-state index contributed by atoms with van der Waals surface area (Å²) < 4.78 is 11.1. The molecule has 1 heterocycles. The van der Waals surface area contributed by atoms with Crippen molar-refractivity contribution in [2.24, 2.45) is 0 Å². The maximum Gasteiger partial charge on any atom is 0.161 e. The average Bonchev–Trinajstić information content (AvgIpc) is 2.71. The first-order valence-electron chi connectivity index (χ1n) is 9.74. The summed E-state index contributed by atoms with van der Waals surface area (Å²) in [5, 5.41) is 0. The third kappa shape index (κ3) is 5.84. The van der Waals surface area contributed by atoms with Crippen LogP contribution in [0.15, 0.2) is 54.6 Å². The minimum absolute atomic E-state index is 0.648. The van der Waals surface area contributed by atoms with E-state index in [1.54, 1.807) is 7.11 Å². The molecule has 1 saturated heterocycles. The lowest BCUT2D eigenvalue weighted by atomic mass is 10.1. The van der Waals surface area contributed by atoms with E-state index >= 15 is 0 Å². The van der Waals surface area contributed by atoms with Crippen LogP contribution in [0.2, 0.25) is 0 Å². The second-order valence-corrected chi connectivity index (χ2v) is 6.81. The monoisotopic (exact) mass is 366 g/mol. The van der Waals surface area contributed by atoms with Crippen molar-refractivity contribution < 1.29 is 9.47 Å². The van der Waals surface area contributed by atoms with E-state index < -0.39 is 0 Å². The summed E-state index contributed by atoms with van der Waals surface area (Å²) in [5.41, 5.74) is 2.54. The van der Waals surface area contributed by atoms with Crippen LogP contribution in [0.5, 0.6) is 11.5 Å². The Bertz CT molecular complexity index is 722. The van der Waals surface area contributed by atoms with Crippen molar-refractivity contribution >= 4 is 6.08 Å². The van der Waals surface area contributed by atoms with Gasteiger partial charge in [-0.1, -0.05) is 48.6 Å². The van der Waals surface area contributed by atoms with Gasteiger partial charge in [-0.25, -0.2) is 0 Å². The number of hydrogen-bond donors (Lipinski definition) is 0. The van der Waals surface area contributed by atoms with Gasteiger partial charge in [-0.05, 0) is 30.2 Å². The topological polar surface area (TPSA) is 24.9 Å². The molecule has 0 atom stereocenters. The summed E-state index contributed by atoms with van der Waals surface area (Å²) in [4.78, 5) is 5.02.